The number of aliphatic hydroxyl groups is 1. The van der Waals surface area contributed by atoms with Crippen LogP contribution in [-0.4, -0.2) is 42.8 Å². The first-order valence-electron chi connectivity index (χ1n) is 6.15. The van der Waals surface area contributed by atoms with Gasteiger partial charge in [-0.25, -0.2) is 4.79 Å². The van der Waals surface area contributed by atoms with Crippen LogP contribution in [0.5, 0.6) is 5.75 Å². The maximum Gasteiger partial charge on any atom is 0.321 e. The summed E-state index contributed by atoms with van der Waals surface area (Å²) in [5.41, 5.74) is 0.549. The lowest BCUT2D eigenvalue weighted by Crippen LogP contribution is -2.33. The van der Waals surface area contributed by atoms with Gasteiger partial charge in [0, 0.05) is 25.6 Å². The zero-order chi connectivity index (χ0) is 13.8. The van der Waals surface area contributed by atoms with Gasteiger partial charge in [0.2, 0.25) is 0 Å². The first kappa shape index (κ1) is 14.0. The minimum atomic E-state index is -0.198. The van der Waals surface area contributed by atoms with Crippen molar-refractivity contribution in [2.24, 2.45) is 5.92 Å². The summed E-state index contributed by atoms with van der Waals surface area (Å²) in [5, 5.41) is 12.3. The van der Waals surface area contributed by atoms with Crippen molar-refractivity contribution in [2.45, 2.75) is 6.42 Å². The van der Waals surface area contributed by atoms with E-state index < -0.39 is 0 Å². The smallest absolute Gasteiger partial charge is 0.321 e. The van der Waals surface area contributed by atoms with Crippen molar-refractivity contribution in [3.8, 4) is 5.75 Å². The molecule has 1 aliphatic heterocycles. The average molecular weight is 285 g/mol. The Morgan fingerprint density at radius 2 is 2.42 bits per heavy atom. The number of para-hydroxylation sites is 1. The van der Waals surface area contributed by atoms with Gasteiger partial charge in [-0.2, -0.15) is 0 Å². The number of ether oxygens (including phenoxy) is 1. The normalized spacial score (nSPS) is 18.5. The highest BCUT2D eigenvalue weighted by Gasteiger charge is 2.26. The number of halogens is 1. The van der Waals surface area contributed by atoms with Gasteiger partial charge < -0.3 is 20.1 Å². The number of methoxy groups -OCH3 is 1. The van der Waals surface area contributed by atoms with Gasteiger partial charge in [0.25, 0.3) is 0 Å². The zero-order valence-corrected chi connectivity index (χ0v) is 11.5. The Labute approximate surface area is 117 Å². The number of benzene rings is 1. The zero-order valence-electron chi connectivity index (χ0n) is 10.7. The van der Waals surface area contributed by atoms with Gasteiger partial charge in [0.05, 0.1) is 17.8 Å². The molecule has 1 fully saturated rings. The fraction of sp³-hybridized carbons (Fsp3) is 0.462. The van der Waals surface area contributed by atoms with E-state index in [-0.39, 0.29) is 18.6 Å². The molecule has 1 heterocycles. The highest BCUT2D eigenvalue weighted by atomic mass is 35.5. The molecule has 1 unspecified atom stereocenters. The molecule has 2 N–H and O–H groups in total. The van der Waals surface area contributed by atoms with E-state index in [1.165, 1.54) is 7.11 Å². The molecule has 1 saturated heterocycles. The number of carbonyl (C=O) groups is 1. The van der Waals surface area contributed by atoms with E-state index in [1.807, 2.05) is 0 Å². The number of hydrogen-bond donors (Lipinski definition) is 2. The fourth-order valence-electron chi connectivity index (χ4n) is 2.18. The number of amides is 2. The SMILES string of the molecule is COc1c(Cl)cccc1NC(=O)N1CCC(CO)C1. The Bertz CT molecular complexity index is 467. The van der Waals surface area contributed by atoms with Crippen LogP contribution in [0.4, 0.5) is 10.5 Å². The molecule has 2 rings (SSSR count). The predicted octanol–water partition coefficient (Wildman–Crippen LogP) is 2.19. The summed E-state index contributed by atoms with van der Waals surface area (Å²) >= 11 is 6.00. The molecule has 0 aliphatic carbocycles. The van der Waals surface area contributed by atoms with E-state index in [2.05, 4.69) is 5.32 Å². The molecular weight excluding hydrogens is 268 g/mol. The number of rotatable bonds is 3. The lowest BCUT2D eigenvalue weighted by atomic mass is 10.1. The van der Waals surface area contributed by atoms with E-state index >= 15 is 0 Å². The Morgan fingerprint density at radius 3 is 3.05 bits per heavy atom. The Balaban J connectivity index is 2.05. The van der Waals surface area contributed by atoms with Crippen LogP contribution in [-0.2, 0) is 0 Å². The number of aliphatic hydroxyl groups excluding tert-OH is 1. The van der Waals surface area contributed by atoms with Crippen LogP contribution in [0.15, 0.2) is 18.2 Å². The van der Waals surface area contributed by atoms with E-state index in [0.29, 0.717) is 29.5 Å². The molecule has 0 radical (unpaired) electrons. The Kier molecular flexibility index (Phi) is 4.50. The Morgan fingerprint density at radius 1 is 1.63 bits per heavy atom. The molecule has 1 aromatic carbocycles. The largest absolute Gasteiger partial charge is 0.493 e. The number of carbonyl (C=O) groups excluding carboxylic acids is 1. The Hall–Kier alpha value is -1.46. The minimum absolute atomic E-state index is 0.115. The van der Waals surface area contributed by atoms with Crippen molar-refractivity contribution in [3.05, 3.63) is 23.2 Å². The van der Waals surface area contributed by atoms with Crippen molar-refractivity contribution >= 4 is 23.3 Å². The second-order valence-electron chi connectivity index (χ2n) is 4.53. The lowest BCUT2D eigenvalue weighted by Gasteiger charge is -2.18. The van der Waals surface area contributed by atoms with Crippen LogP contribution >= 0.6 is 11.6 Å². The summed E-state index contributed by atoms with van der Waals surface area (Å²) in [6.45, 7) is 1.34. The quantitative estimate of drug-likeness (QED) is 0.894. The van der Waals surface area contributed by atoms with Crippen LogP contribution in [0.3, 0.4) is 0 Å². The molecule has 0 spiro atoms. The molecular formula is C13H17ClN2O3. The van der Waals surface area contributed by atoms with Crippen molar-refractivity contribution in [1.29, 1.82) is 0 Å². The topological polar surface area (TPSA) is 61.8 Å². The predicted molar refractivity (Wildman–Crippen MR) is 73.8 cm³/mol. The summed E-state index contributed by atoms with van der Waals surface area (Å²) in [6.07, 6.45) is 0.830. The van der Waals surface area contributed by atoms with Crippen LogP contribution in [0.2, 0.25) is 5.02 Å². The van der Waals surface area contributed by atoms with E-state index in [0.717, 1.165) is 6.42 Å². The summed E-state index contributed by atoms with van der Waals surface area (Å²) in [7, 11) is 1.51. The van der Waals surface area contributed by atoms with E-state index in [1.54, 1.807) is 23.1 Å². The molecule has 1 aromatic rings. The first-order chi connectivity index (χ1) is 9.15. The second kappa shape index (κ2) is 6.12. The molecule has 0 aromatic heterocycles. The minimum Gasteiger partial charge on any atom is -0.493 e. The van der Waals surface area contributed by atoms with Gasteiger partial charge in [-0.1, -0.05) is 17.7 Å². The molecule has 104 valence electrons. The van der Waals surface area contributed by atoms with Crippen LogP contribution in [0.25, 0.3) is 0 Å². The molecule has 19 heavy (non-hydrogen) atoms. The summed E-state index contributed by atoms with van der Waals surface area (Å²) in [5.74, 6) is 0.627. The third-order valence-electron chi connectivity index (χ3n) is 3.24. The fourth-order valence-corrected chi connectivity index (χ4v) is 2.43. The van der Waals surface area contributed by atoms with E-state index in [4.69, 9.17) is 21.4 Å². The second-order valence-corrected chi connectivity index (χ2v) is 4.94. The molecule has 6 heteroatoms. The third-order valence-corrected chi connectivity index (χ3v) is 3.54. The number of nitrogens with zero attached hydrogens (tertiary/aromatic N) is 1. The van der Waals surface area contributed by atoms with Crippen molar-refractivity contribution in [1.82, 2.24) is 4.90 Å². The van der Waals surface area contributed by atoms with E-state index in [9.17, 15) is 4.79 Å². The monoisotopic (exact) mass is 284 g/mol. The number of likely N-dealkylation sites (tertiary alicyclic amines) is 1. The van der Waals surface area contributed by atoms with Gasteiger partial charge >= 0.3 is 6.03 Å². The van der Waals surface area contributed by atoms with Crippen LogP contribution < -0.4 is 10.1 Å². The maximum atomic E-state index is 12.1. The first-order valence-corrected chi connectivity index (χ1v) is 6.52. The molecule has 5 nitrogen and oxygen atoms in total. The summed E-state index contributed by atoms with van der Waals surface area (Å²) in [4.78, 5) is 13.8. The van der Waals surface area contributed by atoms with Crippen molar-refractivity contribution in [3.63, 3.8) is 0 Å². The highest BCUT2D eigenvalue weighted by Crippen LogP contribution is 2.32. The standard InChI is InChI=1S/C13H17ClN2O3/c1-19-12-10(14)3-2-4-11(12)15-13(18)16-6-5-9(7-16)8-17/h2-4,9,17H,5-8H2,1H3,(H,15,18). The van der Waals surface area contributed by atoms with Gasteiger partial charge in [0.1, 0.15) is 0 Å². The molecule has 2 amide bonds. The molecule has 0 bridgehead atoms. The highest BCUT2D eigenvalue weighted by molar-refractivity contribution is 6.32. The van der Waals surface area contributed by atoms with Gasteiger partial charge in [-0.3, -0.25) is 0 Å². The van der Waals surface area contributed by atoms with Crippen molar-refractivity contribution < 1.29 is 14.6 Å². The lowest BCUT2D eigenvalue weighted by molar-refractivity contribution is 0.208. The number of nitrogens with one attached hydrogen (secondary N) is 1. The van der Waals surface area contributed by atoms with Crippen LogP contribution in [0, 0.1) is 5.92 Å². The van der Waals surface area contributed by atoms with Gasteiger partial charge in [0.15, 0.2) is 5.75 Å². The number of hydrogen-bond acceptors (Lipinski definition) is 3. The maximum absolute atomic E-state index is 12.1. The third kappa shape index (κ3) is 3.11. The van der Waals surface area contributed by atoms with Gasteiger partial charge in [-0.15, -0.1) is 0 Å². The summed E-state index contributed by atoms with van der Waals surface area (Å²) in [6, 6.07) is 4.99. The molecule has 1 aliphatic rings. The van der Waals surface area contributed by atoms with Crippen LogP contribution in [0.1, 0.15) is 6.42 Å². The number of urea groups is 1. The van der Waals surface area contributed by atoms with Crippen molar-refractivity contribution in [2.75, 3.05) is 32.1 Å². The number of anilines is 1. The summed E-state index contributed by atoms with van der Waals surface area (Å²) < 4.78 is 5.18. The average Bonchev–Trinajstić information content (AvgIpc) is 2.88. The van der Waals surface area contributed by atoms with Gasteiger partial charge in [-0.05, 0) is 18.6 Å². The molecule has 1 atom stereocenters. The molecule has 0 saturated carbocycles.